The van der Waals surface area contributed by atoms with Crippen molar-refractivity contribution < 1.29 is 4.79 Å². The fourth-order valence-corrected chi connectivity index (χ4v) is 3.78. The van der Waals surface area contributed by atoms with Gasteiger partial charge in [-0.05, 0) is 44.1 Å². The summed E-state index contributed by atoms with van der Waals surface area (Å²) in [6.07, 6.45) is 2.07. The number of rotatable bonds is 6. The fourth-order valence-electron chi connectivity index (χ4n) is 3.78. The third kappa shape index (κ3) is 4.81. The molecule has 138 valence electrons. The summed E-state index contributed by atoms with van der Waals surface area (Å²) in [6, 6.07) is 8.63. The van der Waals surface area contributed by atoms with E-state index in [4.69, 9.17) is 0 Å². The monoisotopic (exact) mass is 344 g/mol. The maximum atomic E-state index is 12.9. The average Bonchev–Trinajstić information content (AvgIpc) is 3.16. The van der Waals surface area contributed by atoms with Crippen LogP contribution in [0.15, 0.2) is 24.3 Å². The second kappa shape index (κ2) is 8.79. The van der Waals surface area contributed by atoms with Crippen LogP contribution in [0.4, 0.5) is 0 Å². The molecule has 1 N–H and O–H groups in total. The minimum Gasteiger partial charge on any atom is -0.334 e. The molecule has 5 heteroatoms. The number of carbonyl (C=O) groups is 1. The summed E-state index contributed by atoms with van der Waals surface area (Å²) in [5, 5.41) is 3.37. The van der Waals surface area contributed by atoms with E-state index in [2.05, 4.69) is 46.1 Å². The van der Waals surface area contributed by atoms with Crippen LogP contribution in [0.1, 0.15) is 35.7 Å². The largest absolute Gasteiger partial charge is 0.334 e. The van der Waals surface area contributed by atoms with Crippen LogP contribution in [0.5, 0.6) is 0 Å². The van der Waals surface area contributed by atoms with Gasteiger partial charge < -0.3 is 15.1 Å². The van der Waals surface area contributed by atoms with E-state index in [0.717, 1.165) is 70.8 Å². The standard InChI is InChI=1S/C20H32N4O/c1-3-10-24(19-8-9-21-15-19)20(25)18-6-4-17(5-7-18)16-23-13-11-22(2)12-14-23/h4-7,19,21H,3,8-16H2,1-2H3. The van der Waals surface area contributed by atoms with Gasteiger partial charge in [-0.1, -0.05) is 19.1 Å². The number of benzene rings is 1. The van der Waals surface area contributed by atoms with Crippen molar-refractivity contribution >= 4 is 5.91 Å². The smallest absolute Gasteiger partial charge is 0.254 e. The molecule has 0 bridgehead atoms. The van der Waals surface area contributed by atoms with Gasteiger partial charge in [-0.3, -0.25) is 9.69 Å². The Morgan fingerprint density at radius 1 is 1.20 bits per heavy atom. The molecule has 2 aliphatic heterocycles. The van der Waals surface area contributed by atoms with E-state index in [9.17, 15) is 4.79 Å². The Morgan fingerprint density at radius 3 is 2.52 bits per heavy atom. The maximum absolute atomic E-state index is 12.9. The number of likely N-dealkylation sites (N-methyl/N-ethyl adjacent to an activating group) is 1. The van der Waals surface area contributed by atoms with E-state index >= 15 is 0 Å². The Balaban J connectivity index is 1.61. The van der Waals surface area contributed by atoms with Crippen LogP contribution in [0, 0.1) is 0 Å². The van der Waals surface area contributed by atoms with E-state index in [0.29, 0.717) is 6.04 Å². The zero-order valence-electron chi connectivity index (χ0n) is 15.7. The third-order valence-corrected chi connectivity index (χ3v) is 5.40. The molecule has 1 atom stereocenters. The van der Waals surface area contributed by atoms with Gasteiger partial charge in [0.15, 0.2) is 0 Å². The molecule has 0 spiro atoms. The van der Waals surface area contributed by atoms with Crippen LogP contribution >= 0.6 is 0 Å². The fraction of sp³-hybridized carbons (Fsp3) is 0.650. The Kier molecular flexibility index (Phi) is 6.45. The molecular formula is C20H32N4O. The Hall–Kier alpha value is -1.43. The minimum atomic E-state index is 0.182. The number of carbonyl (C=O) groups excluding carboxylic acids is 1. The van der Waals surface area contributed by atoms with Gasteiger partial charge in [0.1, 0.15) is 0 Å². The molecule has 0 saturated carbocycles. The second-order valence-electron chi connectivity index (χ2n) is 7.42. The van der Waals surface area contributed by atoms with Gasteiger partial charge in [0.05, 0.1) is 0 Å². The molecule has 1 amide bonds. The van der Waals surface area contributed by atoms with Crippen molar-refractivity contribution in [2.45, 2.75) is 32.4 Å². The van der Waals surface area contributed by atoms with E-state index in [1.807, 2.05) is 12.1 Å². The average molecular weight is 345 g/mol. The van der Waals surface area contributed by atoms with Crippen LogP contribution in [0.2, 0.25) is 0 Å². The van der Waals surface area contributed by atoms with Crippen LogP contribution in [-0.4, -0.2) is 79.5 Å². The third-order valence-electron chi connectivity index (χ3n) is 5.40. The Bertz CT molecular complexity index is 545. The van der Waals surface area contributed by atoms with Crippen molar-refractivity contribution in [1.82, 2.24) is 20.0 Å². The molecule has 2 fully saturated rings. The van der Waals surface area contributed by atoms with E-state index in [-0.39, 0.29) is 5.91 Å². The maximum Gasteiger partial charge on any atom is 0.254 e. The predicted octanol–water partition coefficient (Wildman–Crippen LogP) is 1.65. The number of nitrogens with zero attached hydrogens (tertiary/aromatic N) is 3. The van der Waals surface area contributed by atoms with Crippen molar-refractivity contribution in [1.29, 1.82) is 0 Å². The van der Waals surface area contributed by atoms with Crippen LogP contribution in [0.3, 0.4) is 0 Å². The highest BCUT2D eigenvalue weighted by Gasteiger charge is 2.26. The number of amides is 1. The van der Waals surface area contributed by atoms with Crippen LogP contribution in [0.25, 0.3) is 0 Å². The quantitative estimate of drug-likeness (QED) is 0.852. The summed E-state index contributed by atoms with van der Waals surface area (Å²) in [5.74, 6) is 0.182. The number of hydrogen-bond donors (Lipinski definition) is 1. The molecule has 0 aliphatic carbocycles. The zero-order valence-corrected chi connectivity index (χ0v) is 15.7. The molecule has 1 aromatic carbocycles. The van der Waals surface area contributed by atoms with E-state index < -0.39 is 0 Å². The number of piperazine rings is 1. The first-order chi connectivity index (χ1) is 12.2. The van der Waals surface area contributed by atoms with Crippen molar-refractivity contribution in [3.8, 4) is 0 Å². The first-order valence-electron chi connectivity index (χ1n) is 9.69. The molecule has 1 aromatic rings. The topological polar surface area (TPSA) is 38.8 Å². The predicted molar refractivity (Wildman–Crippen MR) is 102 cm³/mol. The summed E-state index contributed by atoms with van der Waals surface area (Å²) >= 11 is 0. The first-order valence-corrected chi connectivity index (χ1v) is 9.69. The summed E-state index contributed by atoms with van der Waals surface area (Å²) in [6.45, 7) is 10.4. The van der Waals surface area contributed by atoms with Crippen molar-refractivity contribution in [3.63, 3.8) is 0 Å². The van der Waals surface area contributed by atoms with Gasteiger partial charge in [-0.25, -0.2) is 0 Å². The SMILES string of the molecule is CCCN(C(=O)c1ccc(CN2CCN(C)CC2)cc1)C1CCNC1. The lowest BCUT2D eigenvalue weighted by molar-refractivity contribution is 0.0692. The normalized spacial score (nSPS) is 22.2. The molecule has 5 nitrogen and oxygen atoms in total. The van der Waals surface area contributed by atoms with E-state index in [1.54, 1.807) is 0 Å². The van der Waals surface area contributed by atoms with Crippen LogP contribution in [-0.2, 0) is 6.54 Å². The summed E-state index contributed by atoms with van der Waals surface area (Å²) in [4.78, 5) is 19.9. The highest BCUT2D eigenvalue weighted by Crippen LogP contribution is 2.16. The molecule has 0 aromatic heterocycles. The van der Waals surface area contributed by atoms with Gasteiger partial charge in [0.2, 0.25) is 0 Å². The van der Waals surface area contributed by atoms with Crippen molar-refractivity contribution in [2.75, 3.05) is 52.9 Å². The van der Waals surface area contributed by atoms with Gasteiger partial charge in [-0.2, -0.15) is 0 Å². The number of nitrogens with one attached hydrogen (secondary N) is 1. The molecular weight excluding hydrogens is 312 g/mol. The van der Waals surface area contributed by atoms with Gasteiger partial charge in [-0.15, -0.1) is 0 Å². The highest BCUT2D eigenvalue weighted by atomic mass is 16.2. The Morgan fingerprint density at radius 2 is 1.92 bits per heavy atom. The number of hydrogen-bond acceptors (Lipinski definition) is 4. The Labute approximate surface area is 152 Å². The molecule has 2 saturated heterocycles. The zero-order chi connectivity index (χ0) is 17.6. The van der Waals surface area contributed by atoms with E-state index in [1.165, 1.54) is 5.56 Å². The lowest BCUT2D eigenvalue weighted by Crippen LogP contribution is -2.43. The molecule has 0 radical (unpaired) electrons. The van der Waals surface area contributed by atoms with Crippen molar-refractivity contribution in [2.24, 2.45) is 0 Å². The summed E-state index contributed by atoms with van der Waals surface area (Å²) in [5.41, 5.74) is 2.12. The summed E-state index contributed by atoms with van der Waals surface area (Å²) < 4.78 is 0. The van der Waals surface area contributed by atoms with Crippen LogP contribution < -0.4 is 5.32 Å². The second-order valence-corrected chi connectivity index (χ2v) is 7.42. The highest BCUT2D eigenvalue weighted by molar-refractivity contribution is 5.94. The molecule has 2 heterocycles. The van der Waals surface area contributed by atoms with Crippen molar-refractivity contribution in [3.05, 3.63) is 35.4 Å². The lowest BCUT2D eigenvalue weighted by atomic mass is 10.1. The molecule has 1 unspecified atom stereocenters. The summed E-state index contributed by atoms with van der Waals surface area (Å²) in [7, 11) is 2.18. The minimum absolute atomic E-state index is 0.182. The first kappa shape index (κ1) is 18.4. The molecule has 25 heavy (non-hydrogen) atoms. The van der Waals surface area contributed by atoms with Gasteiger partial charge in [0.25, 0.3) is 5.91 Å². The van der Waals surface area contributed by atoms with Gasteiger partial charge in [0, 0.05) is 57.4 Å². The lowest BCUT2D eigenvalue weighted by Gasteiger charge is -2.32. The molecule has 3 rings (SSSR count). The molecule has 2 aliphatic rings. The van der Waals surface area contributed by atoms with Gasteiger partial charge >= 0.3 is 0 Å².